The van der Waals surface area contributed by atoms with Crippen molar-refractivity contribution in [3.8, 4) is 0 Å². The zero-order valence-corrected chi connectivity index (χ0v) is 11.4. The van der Waals surface area contributed by atoms with E-state index in [2.05, 4.69) is 20.3 Å². The third kappa shape index (κ3) is 2.26. The van der Waals surface area contributed by atoms with E-state index in [-0.39, 0.29) is 11.8 Å². The van der Waals surface area contributed by atoms with Crippen molar-refractivity contribution in [3.63, 3.8) is 0 Å². The summed E-state index contributed by atoms with van der Waals surface area (Å²) >= 11 is 0. The SMILES string of the molecule is c1ccc(C2=NOC3=NC(c4ccccc4)=NOC3=N2)cc1. The predicted molar refractivity (Wildman–Crippen MR) is 83.0 cm³/mol. The lowest BCUT2D eigenvalue weighted by Crippen LogP contribution is -2.28. The van der Waals surface area contributed by atoms with E-state index < -0.39 is 0 Å². The minimum Gasteiger partial charge on any atom is -0.328 e. The highest BCUT2D eigenvalue weighted by atomic mass is 16.7. The maximum absolute atomic E-state index is 5.30. The van der Waals surface area contributed by atoms with Gasteiger partial charge < -0.3 is 9.68 Å². The summed E-state index contributed by atoms with van der Waals surface area (Å²) in [4.78, 5) is 19.2. The Morgan fingerprint density at radius 3 is 1.36 bits per heavy atom. The van der Waals surface area contributed by atoms with Gasteiger partial charge in [-0.15, -0.1) is 0 Å². The smallest absolute Gasteiger partial charge is 0.316 e. The summed E-state index contributed by atoms with van der Waals surface area (Å²) in [6.45, 7) is 0. The fourth-order valence-corrected chi connectivity index (χ4v) is 2.03. The van der Waals surface area contributed by atoms with Crippen molar-refractivity contribution in [3.05, 3.63) is 71.8 Å². The van der Waals surface area contributed by atoms with Crippen LogP contribution in [0.1, 0.15) is 11.1 Å². The molecule has 0 amide bonds. The van der Waals surface area contributed by atoms with Crippen LogP contribution in [0, 0.1) is 0 Å². The molecule has 0 spiro atoms. The Hall–Kier alpha value is -3.28. The molecule has 2 aromatic carbocycles. The molecule has 0 unspecified atom stereocenters. The van der Waals surface area contributed by atoms with Gasteiger partial charge in [-0.25, -0.2) is 0 Å². The first-order valence-corrected chi connectivity index (χ1v) is 6.69. The molecule has 0 atom stereocenters. The minimum absolute atomic E-state index is 0.202. The van der Waals surface area contributed by atoms with E-state index in [1.807, 2.05) is 60.7 Å². The molecule has 4 rings (SSSR count). The van der Waals surface area contributed by atoms with Gasteiger partial charge in [-0.05, 0) is 0 Å². The number of hydrogen-bond acceptors (Lipinski definition) is 6. The quantitative estimate of drug-likeness (QED) is 0.853. The first-order valence-electron chi connectivity index (χ1n) is 6.69. The molecule has 0 radical (unpaired) electrons. The molecule has 0 saturated heterocycles. The molecule has 6 heteroatoms. The zero-order chi connectivity index (χ0) is 14.8. The number of rotatable bonds is 2. The summed E-state index contributed by atoms with van der Waals surface area (Å²) in [6.07, 6.45) is 0. The molecule has 2 aliphatic rings. The normalized spacial score (nSPS) is 16.2. The third-order valence-corrected chi connectivity index (χ3v) is 3.10. The topological polar surface area (TPSA) is 67.9 Å². The summed E-state index contributed by atoms with van der Waals surface area (Å²) in [5.74, 6) is 1.25. The number of benzene rings is 2. The molecule has 2 aliphatic heterocycles. The molecule has 0 bridgehead atoms. The van der Waals surface area contributed by atoms with Crippen LogP contribution in [0.25, 0.3) is 0 Å². The van der Waals surface area contributed by atoms with Crippen molar-refractivity contribution in [1.29, 1.82) is 0 Å². The molecule has 6 nitrogen and oxygen atoms in total. The van der Waals surface area contributed by atoms with Gasteiger partial charge >= 0.3 is 11.8 Å². The summed E-state index contributed by atoms with van der Waals surface area (Å²) in [7, 11) is 0. The van der Waals surface area contributed by atoms with Crippen LogP contribution in [0.3, 0.4) is 0 Å². The van der Waals surface area contributed by atoms with E-state index in [9.17, 15) is 0 Å². The van der Waals surface area contributed by atoms with E-state index in [4.69, 9.17) is 9.68 Å². The Balaban J connectivity index is 1.63. The van der Waals surface area contributed by atoms with Crippen molar-refractivity contribution in [2.45, 2.75) is 0 Å². The van der Waals surface area contributed by atoms with Crippen LogP contribution in [-0.4, -0.2) is 23.5 Å². The number of fused-ring (bicyclic) bond motifs is 1. The van der Waals surface area contributed by atoms with E-state index >= 15 is 0 Å². The first kappa shape index (κ1) is 12.5. The van der Waals surface area contributed by atoms with E-state index in [1.165, 1.54) is 0 Å². The van der Waals surface area contributed by atoms with Gasteiger partial charge in [0.05, 0.1) is 0 Å². The third-order valence-electron chi connectivity index (χ3n) is 3.10. The Morgan fingerprint density at radius 1 is 0.545 bits per heavy atom. The highest BCUT2D eigenvalue weighted by Crippen LogP contribution is 2.14. The average molecular weight is 290 g/mol. The van der Waals surface area contributed by atoms with Gasteiger partial charge in [0.1, 0.15) is 0 Å². The molecular weight excluding hydrogens is 280 g/mol. The fourth-order valence-electron chi connectivity index (χ4n) is 2.03. The van der Waals surface area contributed by atoms with Crippen molar-refractivity contribution < 1.29 is 9.68 Å². The number of hydrogen-bond donors (Lipinski definition) is 0. The highest BCUT2D eigenvalue weighted by molar-refractivity contribution is 6.41. The van der Waals surface area contributed by atoms with Gasteiger partial charge in [-0.2, -0.15) is 9.98 Å². The Labute approximate surface area is 126 Å². The molecule has 0 aliphatic carbocycles. The summed E-state index contributed by atoms with van der Waals surface area (Å²) in [5.41, 5.74) is 1.66. The number of amidine groups is 2. The summed E-state index contributed by atoms with van der Waals surface area (Å²) in [6, 6.07) is 19.0. The van der Waals surface area contributed by atoms with Gasteiger partial charge in [0.2, 0.25) is 11.7 Å². The standard InChI is InChI=1S/C16H10N4O2/c1-3-7-11(8-4-1)13-17-15-16(21-19-13)18-14(20-22-15)12-9-5-2-6-10-12/h1-10H. The molecule has 2 heterocycles. The number of aliphatic imine (C=N–C) groups is 2. The van der Waals surface area contributed by atoms with Gasteiger partial charge in [-0.3, -0.25) is 0 Å². The molecule has 2 aromatic rings. The lowest BCUT2D eigenvalue weighted by atomic mass is 10.2. The maximum Gasteiger partial charge on any atom is 0.316 e. The van der Waals surface area contributed by atoms with Crippen molar-refractivity contribution in [2.75, 3.05) is 0 Å². The largest absolute Gasteiger partial charge is 0.328 e. The first-order chi connectivity index (χ1) is 10.9. The molecule has 0 aromatic heterocycles. The summed E-state index contributed by atoms with van der Waals surface area (Å²) < 4.78 is 0. The van der Waals surface area contributed by atoms with Crippen LogP contribution in [0.2, 0.25) is 0 Å². The van der Waals surface area contributed by atoms with Crippen molar-refractivity contribution >= 4 is 23.5 Å². The maximum atomic E-state index is 5.30. The van der Waals surface area contributed by atoms with E-state index in [0.29, 0.717) is 11.7 Å². The second-order valence-corrected chi connectivity index (χ2v) is 4.58. The predicted octanol–water partition coefficient (Wildman–Crippen LogP) is 2.57. The Bertz CT molecular complexity index is 752. The summed E-state index contributed by atoms with van der Waals surface area (Å²) in [5, 5.41) is 7.95. The van der Waals surface area contributed by atoms with Gasteiger partial charge in [0, 0.05) is 11.1 Å². The van der Waals surface area contributed by atoms with Crippen LogP contribution < -0.4 is 0 Å². The van der Waals surface area contributed by atoms with Crippen LogP contribution in [-0.2, 0) is 9.68 Å². The van der Waals surface area contributed by atoms with Crippen molar-refractivity contribution in [1.82, 2.24) is 0 Å². The minimum atomic E-state index is 0.202. The monoisotopic (exact) mass is 290 g/mol. The van der Waals surface area contributed by atoms with E-state index in [0.717, 1.165) is 11.1 Å². The average Bonchev–Trinajstić information content (AvgIpc) is 2.62. The molecule has 0 N–H and O–H groups in total. The second-order valence-electron chi connectivity index (χ2n) is 4.58. The molecule has 106 valence electrons. The van der Waals surface area contributed by atoms with Crippen LogP contribution >= 0.6 is 0 Å². The van der Waals surface area contributed by atoms with Crippen molar-refractivity contribution in [2.24, 2.45) is 20.3 Å². The highest BCUT2D eigenvalue weighted by Gasteiger charge is 2.26. The Morgan fingerprint density at radius 2 is 0.955 bits per heavy atom. The molecule has 22 heavy (non-hydrogen) atoms. The molecular formula is C16H10N4O2. The van der Waals surface area contributed by atoms with Gasteiger partial charge in [0.15, 0.2) is 0 Å². The number of oxime groups is 2. The van der Waals surface area contributed by atoms with Crippen LogP contribution in [0.4, 0.5) is 0 Å². The lowest BCUT2D eigenvalue weighted by Gasteiger charge is -2.15. The van der Waals surface area contributed by atoms with E-state index in [1.54, 1.807) is 0 Å². The lowest BCUT2D eigenvalue weighted by molar-refractivity contribution is 0.283. The van der Waals surface area contributed by atoms with Gasteiger partial charge in [0.25, 0.3) is 0 Å². The second kappa shape index (κ2) is 5.25. The Kier molecular flexibility index (Phi) is 2.97. The van der Waals surface area contributed by atoms with Crippen LogP contribution in [0.5, 0.6) is 0 Å². The molecule has 0 fully saturated rings. The zero-order valence-electron chi connectivity index (χ0n) is 11.4. The fraction of sp³-hybridized carbons (Fsp3) is 0. The number of nitrogens with zero attached hydrogens (tertiary/aromatic N) is 4. The molecule has 0 saturated carbocycles. The van der Waals surface area contributed by atoms with Crippen LogP contribution in [0.15, 0.2) is 81.0 Å². The van der Waals surface area contributed by atoms with Gasteiger partial charge in [-0.1, -0.05) is 71.0 Å².